The van der Waals surface area contributed by atoms with Crippen LogP contribution in [0.15, 0.2) is 63.9 Å². The molecule has 4 nitrogen and oxygen atoms in total. The van der Waals surface area contributed by atoms with E-state index in [1.54, 1.807) is 12.1 Å². The van der Waals surface area contributed by atoms with Gasteiger partial charge in [0, 0.05) is 28.1 Å². The van der Waals surface area contributed by atoms with Gasteiger partial charge in [0.25, 0.3) is 10.0 Å². The van der Waals surface area contributed by atoms with Crippen LogP contribution in [0.1, 0.15) is 50.5 Å². The molecule has 3 aromatic carbocycles. The van der Waals surface area contributed by atoms with Crippen LogP contribution in [0.3, 0.4) is 0 Å². The highest BCUT2D eigenvalue weighted by molar-refractivity contribution is 7.92. The van der Waals surface area contributed by atoms with Crippen molar-refractivity contribution in [3.05, 3.63) is 71.5 Å². The molecule has 1 N–H and O–H groups in total. The van der Waals surface area contributed by atoms with Crippen LogP contribution in [0.25, 0.3) is 21.7 Å². The summed E-state index contributed by atoms with van der Waals surface area (Å²) in [6, 6.07) is 16.9. The predicted molar refractivity (Wildman–Crippen MR) is 126 cm³/mol. The minimum atomic E-state index is -3.72. The summed E-state index contributed by atoms with van der Waals surface area (Å²) in [5, 5.41) is 2.81. The Balaban J connectivity index is 1.62. The van der Waals surface area contributed by atoms with Gasteiger partial charge in [0.2, 0.25) is 0 Å². The van der Waals surface area contributed by atoms with E-state index in [0.29, 0.717) is 5.69 Å². The molecule has 0 spiro atoms. The fourth-order valence-corrected chi connectivity index (χ4v) is 5.57. The number of aryl methyl sites for hydroxylation is 2. The van der Waals surface area contributed by atoms with Gasteiger partial charge in [0.05, 0.1) is 10.6 Å². The Morgan fingerprint density at radius 3 is 2.26 bits per heavy atom. The maximum atomic E-state index is 13.2. The van der Waals surface area contributed by atoms with Crippen LogP contribution in [-0.2, 0) is 28.3 Å². The maximum absolute atomic E-state index is 13.2. The molecular weight excluding hydrogens is 406 g/mol. The Labute approximate surface area is 183 Å². The van der Waals surface area contributed by atoms with Crippen LogP contribution in [0, 0.1) is 0 Å². The molecule has 0 radical (unpaired) electrons. The molecular formula is C26H27NO3S. The fourth-order valence-electron chi connectivity index (χ4n) is 4.50. The lowest BCUT2D eigenvalue weighted by atomic mass is 9.87. The van der Waals surface area contributed by atoms with E-state index in [4.69, 9.17) is 4.42 Å². The quantitative estimate of drug-likeness (QED) is 0.398. The topological polar surface area (TPSA) is 59.3 Å². The van der Waals surface area contributed by atoms with Crippen molar-refractivity contribution < 1.29 is 12.8 Å². The van der Waals surface area contributed by atoms with E-state index in [0.717, 1.165) is 58.7 Å². The molecule has 0 aliphatic heterocycles. The van der Waals surface area contributed by atoms with Crippen LogP contribution in [0.2, 0.25) is 0 Å². The molecule has 160 valence electrons. The Bertz CT molecular complexity index is 1390. The molecule has 0 atom stereocenters. The fraction of sp³-hybridized carbons (Fsp3) is 0.308. The van der Waals surface area contributed by atoms with Crippen molar-refractivity contribution in [1.29, 1.82) is 0 Å². The first-order valence-corrected chi connectivity index (χ1v) is 12.3. The highest BCUT2D eigenvalue weighted by Crippen LogP contribution is 2.40. The van der Waals surface area contributed by atoms with Gasteiger partial charge in [-0.05, 0) is 48.4 Å². The summed E-state index contributed by atoms with van der Waals surface area (Å²) in [5.41, 5.74) is 3.75. The number of rotatable bonds is 3. The van der Waals surface area contributed by atoms with Gasteiger partial charge in [-0.15, -0.1) is 0 Å². The molecule has 0 saturated heterocycles. The highest BCUT2D eigenvalue weighted by atomic mass is 32.2. The number of hydrogen-bond donors (Lipinski definition) is 1. The van der Waals surface area contributed by atoms with Crippen molar-refractivity contribution in [2.24, 2.45) is 0 Å². The van der Waals surface area contributed by atoms with Crippen molar-refractivity contribution in [2.75, 3.05) is 4.72 Å². The molecule has 0 saturated carbocycles. The van der Waals surface area contributed by atoms with E-state index >= 15 is 0 Å². The summed E-state index contributed by atoms with van der Waals surface area (Å²) in [6.45, 7) is 6.34. The van der Waals surface area contributed by atoms with Gasteiger partial charge in [0.1, 0.15) is 11.3 Å². The van der Waals surface area contributed by atoms with Gasteiger partial charge in [-0.25, -0.2) is 8.42 Å². The van der Waals surface area contributed by atoms with Crippen molar-refractivity contribution in [3.8, 4) is 0 Å². The Kier molecular flexibility index (Phi) is 4.63. The monoisotopic (exact) mass is 433 g/mol. The molecule has 0 amide bonds. The number of anilines is 1. The van der Waals surface area contributed by atoms with E-state index in [1.165, 1.54) is 5.56 Å². The number of nitrogens with one attached hydrogen (secondary N) is 1. The summed E-state index contributed by atoms with van der Waals surface area (Å²) >= 11 is 0. The van der Waals surface area contributed by atoms with E-state index < -0.39 is 10.0 Å². The molecule has 1 aromatic heterocycles. The van der Waals surface area contributed by atoms with Crippen molar-refractivity contribution in [2.45, 2.75) is 56.8 Å². The summed E-state index contributed by atoms with van der Waals surface area (Å²) in [4.78, 5) is 0.263. The minimum absolute atomic E-state index is 0.0304. The SMILES string of the molecule is CC(C)(C)c1ccc(S(=O)(=O)Nc2cc3c4c(oc3c3ccccc23)CCCC4)cc1. The van der Waals surface area contributed by atoms with Crippen molar-refractivity contribution in [3.63, 3.8) is 0 Å². The largest absolute Gasteiger partial charge is 0.460 e. The molecule has 1 heterocycles. The molecule has 31 heavy (non-hydrogen) atoms. The minimum Gasteiger partial charge on any atom is -0.460 e. The molecule has 0 fully saturated rings. The third-order valence-corrected chi connectivity index (χ3v) is 7.62. The van der Waals surface area contributed by atoms with Crippen molar-refractivity contribution >= 4 is 37.5 Å². The first kappa shape index (κ1) is 20.1. The second-order valence-electron chi connectivity index (χ2n) is 9.44. The number of hydrogen-bond acceptors (Lipinski definition) is 3. The Morgan fingerprint density at radius 1 is 0.871 bits per heavy atom. The van der Waals surface area contributed by atoms with E-state index in [2.05, 4.69) is 25.5 Å². The van der Waals surface area contributed by atoms with Crippen LogP contribution in [0.5, 0.6) is 0 Å². The maximum Gasteiger partial charge on any atom is 0.261 e. The summed E-state index contributed by atoms with van der Waals surface area (Å²) in [5.74, 6) is 1.05. The van der Waals surface area contributed by atoms with Gasteiger partial charge in [-0.1, -0.05) is 57.2 Å². The normalized spacial score (nSPS) is 14.7. The third kappa shape index (κ3) is 3.51. The second kappa shape index (κ2) is 7.13. The molecule has 1 aliphatic carbocycles. The number of furan rings is 1. The molecule has 0 bridgehead atoms. The number of sulfonamides is 1. The van der Waals surface area contributed by atoms with E-state index in [1.807, 2.05) is 42.5 Å². The predicted octanol–water partition coefficient (Wildman–Crippen LogP) is 6.56. The lowest BCUT2D eigenvalue weighted by Crippen LogP contribution is -2.15. The average Bonchev–Trinajstić information content (AvgIpc) is 3.12. The zero-order chi connectivity index (χ0) is 21.8. The van der Waals surface area contributed by atoms with Gasteiger partial charge in [-0.3, -0.25) is 4.72 Å². The van der Waals surface area contributed by atoms with Crippen LogP contribution < -0.4 is 4.72 Å². The zero-order valence-corrected chi connectivity index (χ0v) is 19.0. The van der Waals surface area contributed by atoms with E-state index in [9.17, 15) is 8.42 Å². The third-order valence-electron chi connectivity index (χ3n) is 6.24. The highest BCUT2D eigenvalue weighted by Gasteiger charge is 2.23. The van der Waals surface area contributed by atoms with E-state index in [-0.39, 0.29) is 10.3 Å². The van der Waals surface area contributed by atoms with Crippen LogP contribution in [-0.4, -0.2) is 8.42 Å². The second-order valence-corrected chi connectivity index (χ2v) is 11.1. The Hall–Kier alpha value is -2.79. The van der Waals surface area contributed by atoms with Crippen molar-refractivity contribution in [1.82, 2.24) is 0 Å². The molecule has 5 heteroatoms. The molecule has 1 aliphatic rings. The Morgan fingerprint density at radius 2 is 1.55 bits per heavy atom. The summed E-state index contributed by atoms with van der Waals surface area (Å²) < 4.78 is 35.6. The molecule has 4 aromatic rings. The lowest BCUT2D eigenvalue weighted by Gasteiger charge is -2.19. The average molecular weight is 434 g/mol. The first-order valence-electron chi connectivity index (χ1n) is 10.8. The van der Waals surface area contributed by atoms with Crippen LogP contribution in [0.4, 0.5) is 5.69 Å². The zero-order valence-electron chi connectivity index (χ0n) is 18.2. The summed E-state index contributed by atoms with van der Waals surface area (Å²) in [6.07, 6.45) is 4.19. The van der Waals surface area contributed by atoms with Gasteiger partial charge >= 0.3 is 0 Å². The standard InChI is InChI=1S/C26H27NO3S/c1-26(2,3)17-12-14-18(15-13-17)31(28,29)27-23-16-22-20-9-6-7-11-24(20)30-25(22)21-10-5-4-8-19(21)23/h4-5,8,10,12-16,27H,6-7,9,11H2,1-3H3. The lowest BCUT2D eigenvalue weighted by molar-refractivity contribution is 0.507. The number of fused-ring (bicyclic) bond motifs is 5. The van der Waals surface area contributed by atoms with Crippen LogP contribution >= 0.6 is 0 Å². The first-order chi connectivity index (χ1) is 14.7. The number of benzene rings is 3. The summed E-state index contributed by atoms with van der Waals surface area (Å²) in [7, 11) is -3.72. The van der Waals surface area contributed by atoms with Gasteiger partial charge in [-0.2, -0.15) is 0 Å². The smallest absolute Gasteiger partial charge is 0.261 e. The van der Waals surface area contributed by atoms with Gasteiger partial charge in [0.15, 0.2) is 0 Å². The van der Waals surface area contributed by atoms with Gasteiger partial charge < -0.3 is 4.42 Å². The molecule has 5 rings (SSSR count). The molecule has 0 unspecified atom stereocenters.